The molecule has 6 nitrogen and oxygen atoms in total. The second kappa shape index (κ2) is 9.19. The van der Waals surface area contributed by atoms with Crippen molar-refractivity contribution in [3.05, 3.63) is 76.6 Å². The molecule has 0 fully saturated rings. The summed E-state index contributed by atoms with van der Waals surface area (Å²) in [6, 6.07) is 15.6. The van der Waals surface area contributed by atoms with Gasteiger partial charge in [-0.3, -0.25) is 4.79 Å². The van der Waals surface area contributed by atoms with Crippen molar-refractivity contribution in [2.75, 3.05) is 19.0 Å². The molecule has 6 heteroatoms. The van der Waals surface area contributed by atoms with Crippen molar-refractivity contribution >= 4 is 17.5 Å². The smallest absolute Gasteiger partial charge is 0.270 e. The van der Waals surface area contributed by atoms with Crippen molar-refractivity contribution < 1.29 is 9.53 Å². The van der Waals surface area contributed by atoms with E-state index in [1.165, 1.54) is 0 Å². The van der Waals surface area contributed by atoms with Gasteiger partial charge in [-0.05, 0) is 62.1 Å². The number of hydrogen-bond donors (Lipinski definition) is 2. The first kappa shape index (κ1) is 20.3. The van der Waals surface area contributed by atoms with Crippen LogP contribution in [0.3, 0.4) is 0 Å². The molecule has 0 aliphatic heterocycles. The normalized spacial score (nSPS) is 10.5. The van der Waals surface area contributed by atoms with E-state index in [0.29, 0.717) is 24.6 Å². The highest BCUT2D eigenvalue weighted by Gasteiger charge is 2.12. The summed E-state index contributed by atoms with van der Waals surface area (Å²) >= 11 is 0. The lowest BCUT2D eigenvalue weighted by molar-refractivity contribution is 0.0949. The molecule has 1 heterocycles. The first-order valence-corrected chi connectivity index (χ1v) is 9.56. The Labute approximate surface area is 171 Å². The van der Waals surface area contributed by atoms with Gasteiger partial charge in [0.15, 0.2) is 0 Å². The molecule has 3 aromatic rings. The van der Waals surface area contributed by atoms with Gasteiger partial charge in [0, 0.05) is 17.9 Å². The molecule has 2 N–H and O–H groups in total. The third-order valence-corrected chi connectivity index (χ3v) is 4.60. The first-order chi connectivity index (χ1) is 14.0. The average molecular weight is 390 g/mol. The van der Waals surface area contributed by atoms with E-state index >= 15 is 0 Å². The Kier molecular flexibility index (Phi) is 6.44. The summed E-state index contributed by atoms with van der Waals surface area (Å²) < 4.78 is 5.35. The number of methoxy groups -OCH3 is 1. The van der Waals surface area contributed by atoms with E-state index in [1.807, 2.05) is 57.2 Å². The van der Waals surface area contributed by atoms with Gasteiger partial charge in [-0.1, -0.05) is 30.3 Å². The number of para-hydroxylation sites is 1. The van der Waals surface area contributed by atoms with Crippen LogP contribution < -0.4 is 15.4 Å². The highest BCUT2D eigenvalue weighted by atomic mass is 16.5. The maximum atomic E-state index is 12.6. The van der Waals surface area contributed by atoms with Crippen molar-refractivity contribution in [3.63, 3.8) is 0 Å². The Morgan fingerprint density at radius 2 is 1.83 bits per heavy atom. The Morgan fingerprint density at radius 3 is 2.62 bits per heavy atom. The minimum atomic E-state index is -0.227. The highest BCUT2D eigenvalue weighted by Crippen LogP contribution is 2.20. The van der Waals surface area contributed by atoms with Gasteiger partial charge in [-0.15, -0.1) is 0 Å². The standard InChI is InChI=1S/C23H26N4O2/c1-15-9-10-16(2)19(13-15)26-23-25-17(3)14-20(27-23)22(28)24-12-11-18-7-5-6-8-21(18)29-4/h5-10,13-14H,11-12H2,1-4H3,(H,24,28)(H,25,26,27). The predicted octanol–water partition coefficient (Wildman–Crippen LogP) is 4.13. The fraction of sp³-hybridized carbons (Fsp3) is 0.261. The molecule has 0 saturated heterocycles. The lowest BCUT2D eigenvalue weighted by Gasteiger charge is -2.12. The van der Waals surface area contributed by atoms with Crippen molar-refractivity contribution in [2.45, 2.75) is 27.2 Å². The number of anilines is 2. The van der Waals surface area contributed by atoms with Crippen LogP contribution in [-0.4, -0.2) is 29.5 Å². The number of carbonyl (C=O) groups excluding carboxylic acids is 1. The molecular weight excluding hydrogens is 364 g/mol. The van der Waals surface area contributed by atoms with Crippen molar-refractivity contribution in [2.24, 2.45) is 0 Å². The van der Waals surface area contributed by atoms with Crippen LogP contribution >= 0.6 is 0 Å². The van der Waals surface area contributed by atoms with Crippen LogP contribution in [0.5, 0.6) is 5.75 Å². The number of hydrogen-bond acceptors (Lipinski definition) is 5. The summed E-state index contributed by atoms with van der Waals surface area (Å²) in [6.07, 6.45) is 0.674. The number of nitrogens with one attached hydrogen (secondary N) is 2. The quantitative estimate of drug-likeness (QED) is 0.634. The van der Waals surface area contributed by atoms with Gasteiger partial charge in [0.2, 0.25) is 5.95 Å². The van der Waals surface area contributed by atoms with Crippen LogP contribution in [0.2, 0.25) is 0 Å². The molecule has 0 aliphatic carbocycles. The van der Waals surface area contributed by atoms with Gasteiger partial charge in [0.1, 0.15) is 11.4 Å². The minimum Gasteiger partial charge on any atom is -0.496 e. The van der Waals surface area contributed by atoms with Gasteiger partial charge in [0.05, 0.1) is 7.11 Å². The monoisotopic (exact) mass is 390 g/mol. The summed E-state index contributed by atoms with van der Waals surface area (Å²) in [5.41, 5.74) is 5.26. The third-order valence-electron chi connectivity index (χ3n) is 4.60. The number of ether oxygens (including phenoxy) is 1. The number of amides is 1. The van der Waals surface area contributed by atoms with E-state index in [-0.39, 0.29) is 5.91 Å². The highest BCUT2D eigenvalue weighted by molar-refractivity contribution is 5.92. The summed E-state index contributed by atoms with van der Waals surface area (Å²) in [5, 5.41) is 6.15. The van der Waals surface area contributed by atoms with Crippen LogP contribution in [-0.2, 0) is 6.42 Å². The molecule has 29 heavy (non-hydrogen) atoms. The van der Waals surface area contributed by atoms with Crippen LogP contribution in [0.1, 0.15) is 32.9 Å². The summed E-state index contributed by atoms with van der Waals surface area (Å²) in [4.78, 5) is 21.4. The van der Waals surface area contributed by atoms with Gasteiger partial charge in [-0.2, -0.15) is 0 Å². The largest absolute Gasteiger partial charge is 0.496 e. The lowest BCUT2D eigenvalue weighted by atomic mass is 10.1. The molecule has 2 aromatic carbocycles. The molecular formula is C23H26N4O2. The number of benzene rings is 2. The Balaban J connectivity index is 1.68. The van der Waals surface area contributed by atoms with Crippen LogP contribution in [0.15, 0.2) is 48.5 Å². The molecule has 0 spiro atoms. The zero-order valence-electron chi connectivity index (χ0n) is 17.2. The minimum absolute atomic E-state index is 0.227. The summed E-state index contributed by atoms with van der Waals surface area (Å²) in [7, 11) is 1.64. The second-order valence-electron chi connectivity index (χ2n) is 6.98. The van der Waals surface area contributed by atoms with Crippen LogP contribution in [0.4, 0.5) is 11.6 Å². The Hall–Kier alpha value is -3.41. The second-order valence-corrected chi connectivity index (χ2v) is 6.98. The van der Waals surface area contributed by atoms with Gasteiger partial charge >= 0.3 is 0 Å². The van der Waals surface area contributed by atoms with E-state index in [1.54, 1.807) is 13.2 Å². The first-order valence-electron chi connectivity index (χ1n) is 9.56. The maximum Gasteiger partial charge on any atom is 0.270 e. The summed E-state index contributed by atoms with van der Waals surface area (Å²) in [5.74, 6) is 1.00. The van der Waals surface area contributed by atoms with Gasteiger partial charge in [-0.25, -0.2) is 9.97 Å². The van der Waals surface area contributed by atoms with Gasteiger partial charge in [0.25, 0.3) is 5.91 Å². The van der Waals surface area contributed by atoms with Gasteiger partial charge < -0.3 is 15.4 Å². The zero-order valence-corrected chi connectivity index (χ0v) is 17.2. The van der Waals surface area contributed by atoms with E-state index in [9.17, 15) is 4.79 Å². The summed E-state index contributed by atoms with van der Waals surface area (Å²) in [6.45, 7) is 6.38. The number of carbonyl (C=O) groups is 1. The van der Waals surface area contributed by atoms with E-state index in [4.69, 9.17) is 4.74 Å². The molecule has 0 aliphatic rings. The average Bonchev–Trinajstić information content (AvgIpc) is 2.70. The fourth-order valence-corrected chi connectivity index (χ4v) is 3.04. The molecule has 3 rings (SSSR count). The number of nitrogens with zero attached hydrogens (tertiary/aromatic N) is 2. The van der Waals surface area contributed by atoms with E-state index in [0.717, 1.165) is 33.8 Å². The molecule has 0 saturated carbocycles. The predicted molar refractivity (Wildman–Crippen MR) is 115 cm³/mol. The molecule has 0 bridgehead atoms. The van der Waals surface area contributed by atoms with E-state index in [2.05, 4.69) is 26.7 Å². The SMILES string of the molecule is COc1ccccc1CCNC(=O)c1cc(C)nc(Nc2cc(C)ccc2C)n1. The zero-order chi connectivity index (χ0) is 20.8. The Bertz CT molecular complexity index is 1020. The molecule has 1 amide bonds. The molecule has 0 atom stereocenters. The van der Waals surface area contributed by atoms with Crippen molar-refractivity contribution in [1.29, 1.82) is 0 Å². The Morgan fingerprint density at radius 1 is 1.03 bits per heavy atom. The maximum absolute atomic E-state index is 12.6. The number of rotatable bonds is 7. The number of aryl methyl sites for hydroxylation is 3. The molecule has 0 radical (unpaired) electrons. The van der Waals surface area contributed by atoms with E-state index < -0.39 is 0 Å². The number of aromatic nitrogens is 2. The van der Waals surface area contributed by atoms with Crippen LogP contribution in [0, 0.1) is 20.8 Å². The van der Waals surface area contributed by atoms with Crippen LogP contribution in [0.25, 0.3) is 0 Å². The molecule has 150 valence electrons. The van der Waals surface area contributed by atoms with Crippen molar-refractivity contribution in [1.82, 2.24) is 15.3 Å². The third kappa shape index (κ3) is 5.31. The fourth-order valence-electron chi connectivity index (χ4n) is 3.04. The topological polar surface area (TPSA) is 76.1 Å². The lowest BCUT2D eigenvalue weighted by Crippen LogP contribution is -2.27. The van der Waals surface area contributed by atoms with Crippen molar-refractivity contribution in [3.8, 4) is 5.75 Å². The molecule has 0 unspecified atom stereocenters. The molecule has 1 aromatic heterocycles.